The topological polar surface area (TPSA) is 72.9 Å². The molecule has 6 nitrogen and oxygen atoms in total. The van der Waals surface area contributed by atoms with Crippen LogP contribution >= 0.6 is 0 Å². The Labute approximate surface area is 158 Å². The molecule has 3 heterocycles. The van der Waals surface area contributed by atoms with Crippen LogP contribution in [0.15, 0.2) is 35.4 Å². The van der Waals surface area contributed by atoms with Gasteiger partial charge in [-0.3, -0.25) is 14.5 Å². The second kappa shape index (κ2) is 6.16. The van der Waals surface area contributed by atoms with Crippen LogP contribution < -0.4 is 5.56 Å². The molecule has 0 spiro atoms. The summed E-state index contributed by atoms with van der Waals surface area (Å²) in [7, 11) is 1.61. The molecular formula is C19H19F3N4O2. The lowest BCUT2D eigenvalue weighted by Gasteiger charge is -2.28. The number of halogens is 3. The Morgan fingerprint density at radius 3 is 2.50 bits per heavy atom. The quantitative estimate of drug-likeness (QED) is 0.741. The van der Waals surface area contributed by atoms with Crippen molar-refractivity contribution < 1.29 is 18.3 Å². The van der Waals surface area contributed by atoms with Crippen LogP contribution in [-0.4, -0.2) is 24.4 Å². The van der Waals surface area contributed by atoms with E-state index < -0.39 is 17.5 Å². The van der Waals surface area contributed by atoms with E-state index >= 15 is 0 Å². The fourth-order valence-corrected chi connectivity index (χ4v) is 3.65. The lowest BCUT2D eigenvalue weighted by Crippen LogP contribution is -2.30. The fraction of sp³-hybridized carbons (Fsp3) is 0.421. The minimum absolute atomic E-state index is 0.167. The van der Waals surface area contributed by atoms with Crippen molar-refractivity contribution in [3.05, 3.63) is 57.9 Å². The highest BCUT2D eigenvalue weighted by Gasteiger charge is 2.38. The van der Waals surface area contributed by atoms with Gasteiger partial charge in [0.05, 0.1) is 5.69 Å². The maximum Gasteiger partial charge on any atom is 0.433 e. The summed E-state index contributed by atoms with van der Waals surface area (Å²) in [4.78, 5) is 16.2. The number of hydrogen-bond acceptors (Lipinski definition) is 4. The Morgan fingerprint density at radius 2 is 1.96 bits per heavy atom. The van der Waals surface area contributed by atoms with E-state index in [1.54, 1.807) is 30.8 Å². The number of hydrogen-bond donors (Lipinski definition) is 1. The van der Waals surface area contributed by atoms with Gasteiger partial charge in [-0.1, -0.05) is 13.0 Å². The van der Waals surface area contributed by atoms with Crippen molar-refractivity contribution in [1.29, 1.82) is 0 Å². The first-order chi connectivity index (χ1) is 13.2. The molecule has 0 saturated heterocycles. The van der Waals surface area contributed by atoms with Crippen molar-refractivity contribution in [2.75, 3.05) is 0 Å². The number of pyridine rings is 2. The molecule has 3 aromatic heterocycles. The summed E-state index contributed by atoms with van der Waals surface area (Å²) in [6.07, 6.45) is 0.212. The SMILES string of the molecule is CCC(O)(c1ccc(C(F)(F)F)nc1)c1c2ccn(C3CC3)c(=O)c2nn1C. The average Bonchev–Trinajstić information content (AvgIpc) is 3.43. The molecule has 1 fully saturated rings. The predicted octanol–water partition coefficient (Wildman–Crippen LogP) is 3.13. The van der Waals surface area contributed by atoms with Crippen LogP contribution in [0.25, 0.3) is 10.9 Å². The first-order valence-electron chi connectivity index (χ1n) is 9.01. The van der Waals surface area contributed by atoms with Crippen molar-refractivity contribution in [1.82, 2.24) is 19.3 Å². The van der Waals surface area contributed by atoms with Crippen molar-refractivity contribution >= 4 is 10.9 Å². The minimum Gasteiger partial charge on any atom is -0.379 e. The summed E-state index contributed by atoms with van der Waals surface area (Å²) < 4.78 is 41.5. The highest BCUT2D eigenvalue weighted by atomic mass is 19.4. The molecule has 1 aliphatic rings. The summed E-state index contributed by atoms with van der Waals surface area (Å²) in [6, 6.07) is 3.97. The van der Waals surface area contributed by atoms with Crippen LogP contribution in [0, 0.1) is 0 Å². The Bertz CT molecular complexity index is 1100. The van der Waals surface area contributed by atoms with Crippen LogP contribution in [0.2, 0.25) is 0 Å². The van der Waals surface area contributed by atoms with Crippen LogP contribution in [0.4, 0.5) is 13.2 Å². The number of aromatic nitrogens is 4. The summed E-state index contributed by atoms with van der Waals surface area (Å²) in [5, 5.41) is 16.2. The molecule has 28 heavy (non-hydrogen) atoms. The highest BCUT2D eigenvalue weighted by molar-refractivity contribution is 5.82. The van der Waals surface area contributed by atoms with E-state index in [0.717, 1.165) is 25.1 Å². The molecule has 0 radical (unpaired) electrons. The summed E-state index contributed by atoms with van der Waals surface area (Å²) in [5.74, 6) is 0. The molecule has 0 aliphatic heterocycles. The Morgan fingerprint density at radius 1 is 1.25 bits per heavy atom. The maximum absolute atomic E-state index is 12.8. The fourth-order valence-electron chi connectivity index (χ4n) is 3.65. The number of fused-ring (bicyclic) bond motifs is 1. The lowest BCUT2D eigenvalue weighted by atomic mass is 9.87. The van der Waals surface area contributed by atoms with Crippen LogP contribution in [0.1, 0.15) is 49.2 Å². The van der Waals surface area contributed by atoms with E-state index in [1.165, 1.54) is 10.7 Å². The summed E-state index contributed by atoms with van der Waals surface area (Å²) in [5.41, 5.74) is -2.11. The zero-order valence-electron chi connectivity index (χ0n) is 15.4. The van der Waals surface area contributed by atoms with Crippen molar-refractivity contribution in [2.24, 2.45) is 7.05 Å². The number of aliphatic hydroxyl groups is 1. The third-order valence-electron chi connectivity index (χ3n) is 5.30. The zero-order valence-corrected chi connectivity index (χ0v) is 15.4. The average molecular weight is 392 g/mol. The van der Waals surface area contributed by atoms with E-state index in [4.69, 9.17) is 0 Å². The smallest absolute Gasteiger partial charge is 0.379 e. The third-order valence-corrected chi connectivity index (χ3v) is 5.30. The summed E-state index contributed by atoms with van der Waals surface area (Å²) >= 11 is 0. The van der Waals surface area contributed by atoms with Gasteiger partial charge in [0.1, 0.15) is 11.3 Å². The molecule has 1 atom stereocenters. The van der Waals surface area contributed by atoms with Gasteiger partial charge in [-0.2, -0.15) is 18.3 Å². The van der Waals surface area contributed by atoms with Gasteiger partial charge in [-0.15, -0.1) is 0 Å². The predicted molar refractivity (Wildman–Crippen MR) is 95.8 cm³/mol. The molecular weight excluding hydrogens is 373 g/mol. The first kappa shape index (κ1) is 18.7. The first-order valence-corrected chi connectivity index (χ1v) is 9.01. The molecule has 0 amide bonds. The second-order valence-corrected chi connectivity index (χ2v) is 7.14. The molecule has 0 aromatic carbocycles. The molecule has 1 N–H and O–H groups in total. The number of rotatable bonds is 4. The molecule has 1 aliphatic carbocycles. The largest absolute Gasteiger partial charge is 0.433 e. The van der Waals surface area contributed by atoms with Crippen molar-refractivity contribution in [3.8, 4) is 0 Å². The van der Waals surface area contributed by atoms with Gasteiger partial charge in [0.2, 0.25) is 0 Å². The Kier molecular flexibility index (Phi) is 4.11. The van der Waals surface area contributed by atoms with Gasteiger partial charge >= 0.3 is 6.18 Å². The number of nitrogens with zero attached hydrogens (tertiary/aromatic N) is 4. The van der Waals surface area contributed by atoms with Gasteiger partial charge < -0.3 is 9.67 Å². The minimum atomic E-state index is -4.56. The van der Waals surface area contributed by atoms with E-state index in [0.29, 0.717) is 11.1 Å². The molecule has 4 rings (SSSR count). The molecule has 1 saturated carbocycles. The Balaban J connectivity index is 1.87. The van der Waals surface area contributed by atoms with Gasteiger partial charge in [0.15, 0.2) is 5.52 Å². The van der Waals surface area contributed by atoms with Crippen molar-refractivity contribution in [3.63, 3.8) is 0 Å². The number of alkyl halides is 3. The number of aryl methyl sites for hydroxylation is 1. The highest BCUT2D eigenvalue weighted by Crippen LogP contribution is 2.38. The monoisotopic (exact) mass is 392 g/mol. The van der Waals surface area contributed by atoms with Gasteiger partial charge in [-0.25, -0.2) is 0 Å². The van der Waals surface area contributed by atoms with Crippen LogP contribution in [-0.2, 0) is 18.8 Å². The third kappa shape index (κ3) is 2.81. The van der Waals surface area contributed by atoms with Crippen LogP contribution in [0.5, 0.6) is 0 Å². The standard InChI is InChI=1S/C19H19F3N4O2/c1-3-18(28,11-4-7-14(23-10-11)19(20,21)22)16-13-8-9-26(12-5-6-12)17(27)15(13)24-25(16)2/h4,7-10,12,28H,3,5-6H2,1-2H3. The van der Waals surface area contributed by atoms with Crippen molar-refractivity contribution in [2.45, 2.75) is 44.0 Å². The van der Waals surface area contributed by atoms with Gasteiger partial charge in [0.25, 0.3) is 5.56 Å². The molecule has 1 unspecified atom stereocenters. The summed E-state index contributed by atoms with van der Waals surface area (Å²) in [6.45, 7) is 1.71. The van der Waals surface area contributed by atoms with E-state index in [2.05, 4.69) is 10.1 Å². The Hall–Kier alpha value is -2.68. The van der Waals surface area contributed by atoms with E-state index in [9.17, 15) is 23.1 Å². The molecule has 3 aromatic rings. The second-order valence-electron chi connectivity index (χ2n) is 7.14. The molecule has 0 bridgehead atoms. The zero-order chi connectivity index (χ0) is 20.3. The van der Waals surface area contributed by atoms with Gasteiger partial charge in [-0.05, 0) is 31.4 Å². The maximum atomic E-state index is 12.8. The van der Waals surface area contributed by atoms with E-state index in [1.807, 2.05) is 0 Å². The van der Waals surface area contributed by atoms with Crippen LogP contribution in [0.3, 0.4) is 0 Å². The van der Waals surface area contributed by atoms with Gasteiger partial charge in [0, 0.05) is 36.4 Å². The normalized spacial score (nSPS) is 17.1. The lowest BCUT2D eigenvalue weighted by molar-refractivity contribution is -0.141. The molecule has 148 valence electrons. The molecule has 9 heteroatoms. The van der Waals surface area contributed by atoms with E-state index in [-0.39, 0.29) is 29.1 Å².